The molecule has 2 heterocycles. The van der Waals surface area contributed by atoms with Gasteiger partial charge in [-0.25, -0.2) is 4.98 Å². The number of hydrogen-bond acceptors (Lipinski definition) is 3. The maximum atomic E-state index is 12.4. The van der Waals surface area contributed by atoms with E-state index in [0.717, 1.165) is 31.8 Å². The van der Waals surface area contributed by atoms with Crippen LogP contribution < -0.4 is 0 Å². The van der Waals surface area contributed by atoms with Gasteiger partial charge in [0.1, 0.15) is 0 Å². The highest BCUT2D eigenvalue weighted by Crippen LogP contribution is 2.29. The summed E-state index contributed by atoms with van der Waals surface area (Å²) >= 11 is 1.17. The van der Waals surface area contributed by atoms with Crippen molar-refractivity contribution in [2.45, 2.75) is 31.5 Å². The molecule has 1 aromatic heterocycles. The third-order valence-electron chi connectivity index (χ3n) is 3.63. The molecule has 1 saturated heterocycles. The summed E-state index contributed by atoms with van der Waals surface area (Å²) in [6, 6.07) is 2.30. The van der Waals surface area contributed by atoms with Gasteiger partial charge in [-0.2, -0.15) is 13.2 Å². The van der Waals surface area contributed by atoms with Crippen molar-refractivity contribution >= 4 is 17.7 Å². The lowest BCUT2D eigenvalue weighted by atomic mass is 9.92. The molecule has 1 amide bonds. The highest BCUT2D eigenvalue weighted by Gasteiger charge is 2.30. The Morgan fingerprint density at radius 2 is 1.95 bits per heavy atom. The average Bonchev–Trinajstić information content (AvgIpc) is 2.43. The number of alkyl halides is 3. The zero-order valence-corrected chi connectivity index (χ0v) is 13.4. The van der Waals surface area contributed by atoms with Gasteiger partial charge in [0.2, 0.25) is 5.91 Å². The molecule has 7 heteroatoms. The lowest BCUT2D eigenvalue weighted by molar-refractivity contribution is -0.138. The van der Waals surface area contributed by atoms with Gasteiger partial charge < -0.3 is 4.90 Å². The summed E-state index contributed by atoms with van der Waals surface area (Å²) < 4.78 is 37.3. The molecule has 122 valence electrons. The zero-order valence-electron chi connectivity index (χ0n) is 12.6. The molecule has 1 fully saturated rings. The second-order valence-corrected chi connectivity index (χ2v) is 6.91. The van der Waals surface area contributed by atoms with E-state index in [0.29, 0.717) is 16.9 Å². The van der Waals surface area contributed by atoms with Crippen LogP contribution in [-0.2, 0) is 11.0 Å². The Bertz CT molecular complexity index is 509. The number of aromatic nitrogens is 1. The van der Waals surface area contributed by atoms with Gasteiger partial charge in [0.05, 0.1) is 16.3 Å². The third-order valence-corrected chi connectivity index (χ3v) is 4.56. The number of rotatable bonds is 3. The van der Waals surface area contributed by atoms with E-state index in [1.54, 1.807) is 0 Å². The molecule has 0 aliphatic carbocycles. The number of amides is 1. The van der Waals surface area contributed by atoms with Gasteiger partial charge in [0.25, 0.3) is 0 Å². The molecule has 2 atom stereocenters. The molecule has 0 saturated carbocycles. The summed E-state index contributed by atoms with van der Waals surface area (Å²) in [7, 11) is 0. The molecule has 0 bridgehead atoms. The van der Waals surface area contributed by atoms with Crippen molar-refractivity contribution in [1.29, 1.82) is 0 Å². The zero-order chi connectivity index (χ0) is 16.3. The standard InChI is InChI=1S/C15H19F3N2OS/c1-10-5-11(2)8-20(7-10)14(21)9-22-13-4-3-12(6-19-13)15(16,17)18/h3-4,6,10-11H,5,7-9H2,1-2H3/t10-,11+. The molecule has 3 nitrogen and oxygen atoms in total. The van der Waals surface area contributed by atoms with E-state index in [2.05, 4.69) is 18.8 Å². The maximum absolute atomic E-state index is 12.4. The summed E-state index contributed by atoms with van der Waals surface area (Å²) in [5.41, 5.74) is -0.776. The van der Waals surface area contributed by atoms with Crippen LogP contribution in [-0.4, -0.2) is 34.6 Å². The number of carbonyl (C=O) groups is 1. The Hall–Kier alpha value is -1.24. The highest BCUT2D eigenvalue weighted by molar-refractivity contribution is 7.99. The molecule has 1 aliphatic rings. The van der Waals surface area contributed by atoms with Gasteiger partial charge in [-0.15, -0.1) is 0 Å². The Morgan fingerprint density at radius 3 is 2.45 bits per heavy atom. The molecule has 0 spiro atoms. The molecule has 1 aliphatic heterocycles. The van der Waals surface area contributed by atoms with E-state index in [9.17, 15) is 18.0 Å². The Labute approximate surface area is 132 Å². The number of halogens is 3. The number of piperidine rings is 1. The van der Waals surface area contributed by atoms with Crippen LogP contribution in [0, 0.1) is 11.8 Å². The van der Waals surface area contributed by atoms with Gasteiger partial charge in [-0.1, -0.05) is 25.6 Å². The topological polar surface area (TPSA) is 33.2 Å². The maximum Gasteiger partial charge on any atom is 0.417 e. The SMILES string of the molecule is C[C@@H]1C[C@H](C)CN(C(=O)CSc2ccc(C(F)(F)F)cn2)C1. The lowest BCUT2D eigenvalue weighted by Crippen LogP contribution is -2.43. The van der Waals surface area contributed by atoms with E-state index in [4.69, 9.17) is 0 Å². The van der Waals surface area contributed by atoms with E-state index in [1.165, 1.54) is 17.8 Å². The summed E-state index contributed by atoms with van der Waals surface area (Å²) in [5, 5.41) is 0.430. The van der Waals surface area contributed by atoms with Crippen LogP contribution in [0.25, 0.3) is 0 Å². The molecule has 0 aromatic carbocycles. The van der Waals surface area contributed by atoms with Crippen LogP contribution in [0.4, 0.5) is 13.2 Å². The predicted molar refractivity (Wildman–Crippen MR) is 79.5 cm³/mol. The highest BCUT2D eigenvalue weighted by atomic mass is 32.2. The van der Waals surface area contributed by atoms with Crippen LogP contribution in [0.5, 0.6) is 0 Å². The molecular weight excluding hydrogens is 313 g/mol. The lowest BCUT2D eigenvalue weighted by Gasteiger charge is -2.35. The number of nitrogens with zero attached hydrogens (tertiary/aromatic N) is 2. The van der Waals surface area contributed by atoms with Gasteiger partial charge >= 0.3 is 6.18 Å². The van der Waals surface area contributed by atoms with Crippen molar-refractivity contribution in [2.75, 3.05) is 18.8 Å². The first-order valence-corrected chi connectivity index (χ1v) is 8.18. The number of hydrogen-bond donors (Lipinski definition) is 0. The van der Waals surface area contributed by atoms with Gasteiger partial charge in [-0.05, 0) is 30.4 Å². The molecule has 0 unspecified atom stereocenters. The fourth-order valence-electron chi connectivity index (χ4n) is 2.73. The summed E-state index contributed by atoms with van der Waals surface area (Å²) in [4.78, 5) is 17.8. The van der Waals surface area contributed by atoms with Gasteiger partial charge in [-0.3, -0.25) is 4.79 Å². The Balaban J connectivity index is 1.88. The predicted octanol–water partition coefficient (Wildman–Crippen LogP) is 3.70. The van der Waals surface area contributed by atoms with Crippen LogP contribution in [0.1, 0.15) is 25.8 Å². The molecule has 0 N–H and O–H groups in total. The molecule has 22 heavy (non-hydrogen) atoms. The average molecular weight is 332 g/mol. The van der Waals surface area contributed by atoms with E-state index < -0.39 is 11.7 Å². The summed E-state index contributed by atoms with van der Waals surface area (Å²) in [6.07, 6.45) is -2.46. The van der Waals surface area contributed by atoms with Crippen molar-refractivity contribution in [3.05, 3.63) is 23.9 Å². The van der Waals surface area contributed by atoms with E-state index in [-0.39, 0.29) is 11.7 Å². The van der Waals surface area contributed by atoms with Crippen LogP contribution in [0.3, 0.4) is 0 Å². The van der Waals surface area contributed by atoms with Crippen molar-refractivity contribution in [3.8, 4) is 0 Å². The number of pyridine rings is 1. The first-order valence-electron chi connectivity index (χ1n) is 7.19. The monoisotopic (exact) mass is 332 g/mol. The fraction of sp³-hybridized carbons (Fsp3) is 0.600. The minimum absolute atomic E-state index is 0.0186. The molecule has 0 radical (unpaired) electrons. The number of carbonyl (C=O) groups excluding carboxylic acids is 1. The van der Waals surface area contributed by atoms with Crippen LogP contribution in [0.15, 0.2) is 23.4 Å². The quantitative estimate of drug-likeness (QED) is 0.792. The first kappa shape index (κ1) is 17.1. The van der Waals surface area contributed by atoms with Gasteiger partial charge in [0, 0.05) is 19.3 Å². The van der Waals surface area contributed by atoms with Crippen molar-refractivity contribution in [3.63, 3.8) is 0 Å². The Kier molecular flexibility index (Phi) is 5.36. The molecule has 2 rings (SSSR count). The smallest absolute Gasteiger partial charge is 0.341 e. The number of thioether (sulfide) groups is 1. The van der Waals surface area contributed by atoms with Crippen molar-refractivity contribution in [1.82, 2.24) is 9.88 Å². The fourth-order valence-corrected chi connectivity index (χ4v) is 3.47. The molecular formula is C15H19F3N2OS. The second kappa shape index (κ2) is 6.89. The van der Waals surface area contributed by atoms with E-state index >= 15 is 0 Å². The first-order chi connectivity index (χ1) is 10.3. The third kappa shape index (κ3) is 4.63. The minimum atomic E-state index is -4.38. The second-order valence-electron chi connectivity index (χ2n) is 5.92. The minimum Gasteiger partial charge on any atom is -0.341 e. The number of likely N-dealkylation sites (tertiary alicyclic amines) is 1. The van der Waals surface area contributed by atoms with Crippen LogP contribution in [0.2, 0.25) is 0 Å². The van der Waals surface area contributed by atoms with Crippen molar-refractivity contribution in [2.24, 2.45) is 11.8 Å². The summed E-state index contributed by atoms with van der Waals surface area (Å²) in [6.45, 7) is 5.76. The Morgan fingerprint density at radius 1 is 1.32 bits per heavy atom. The van der Waals surface area contributed by atoms with Crippen LogP contribution >= 0.6 is 11.8 Å². The summed E-state index contributed by atoms with van der Waals surface area (Å²) in [5.74, 6) is 1.20. The normalized spacial score (nSPS) is 22.7. The van der Waals surface area contributed by atoms with Crippen molar-refractivity contribution < 1.29 is 18.0 Å². The molecule has 1 aromatic rings. The largest absolute Gasteiger partial charge is 0.417 e. The van der Waals surface area contributed by atoms with Gasteiger partial charge in [0.15, 0.2) is 0 Å². The van der Waals surface area contributed by atoms with E-state index in [1.807, 2.05) is 4.90 Å².